The molecular weight excluding hydrogens is 360 g/mol. The van der Waals surface area contributed by atoms with E-state index >= 15 is 0 Å². The minimum Gasteiger partial charge on any atom is -0.368 e. The van der Waals surface area contributed by atoms with Crippen molar-refractivity contribution in [1.82, 2.24) is 4.90 Å². The molecule has 4 rings (SSSR count). The Hall–Kier alpha value is -1.38. The molecule has 3 fully saturated rings. The van der Waals surface area contributed by atoms with E-state index in [0.29, 0.717) is 24.7 Å². The molecule has 0 aliphatic carbocycles. The highest BCUT2D eigenvalue weighted by molar-refractivity contribution is 8.15. The second-order valence-electron chi connectivity index (χ2n) is 6.65. The van der Waals surface area contributed by atoms with Gasteiger partial charge in [0.05, 0.1) is 17.5 Å². The molecule has 0 unspecified atom stereocenters. The van der Waals surface area contributed by atoms with Crippen molar-refractivity contribution in [2.45, 2.75) is 36.8 Å². The Labute approximate surface area is 151 Å². The summed E-state index contributed by atoms with van der Waals surface area (Å²) in [4.78, 5) is 18.7. The van der Waals surface area contributed by atoms with E-state index in [2.05, 4.69) is 4.99 Å². The first-order chi connectivity index (χ1) is 12.0. The van der Waals surface area contributed by atoms with Gasteiger partial charge >= 0.3 is 0 Å². The molecule has 0 N–H and O–H groups in total. The van der Waals surface area contributed by atoms with Gasteiger partial charge in [0, 0.05) is 18.4 Å². The SMILES string of the molecule is O=C(N=C1S[C@@H]2CS(=O)(=O)C[C@H]2N1Cc1ccccc1)[C@@H]1CCCO1. The summed E-state index contributed by atoms with van der Waals surface area (Å²) in [5, 5.41) is 0.582. The monoisotopic (exact) mass is 380 g/mol. The van der Waals surface area contributed by atoms with Crippen LogP contribution in [0.15, 0.2) is 35.3 Å². The maximum atomic E-state index is 12.4. The summed E-state index contributed by atoms with van der Waals surface area (Å²) in [5.41, 5.74) is 1.07. The van der Waals surface area contributed by atoms with E-state index in [1.165, 1.54) is 11.8 Å². The van der Waals surface area contributed by atoms with Gasteiger partial charge in [0.2, 0.25) is 0 Å². The normalized spacial score (nSPS) is 32.2. The molecule has 3 atom stereocenters. The fraction of sp³-hybridized carbons (Fsp3) is 0.529. The maximum absolute atomic E-state index is 12.4. The number of aliphatic imine (C=N–C) groups is 1. The van der Waals surface area contributed by atoms with Gasteiger partial charge in [0.15, 0.2) is 15.0 Å². The Morgan fingerprint density at radius 2 is 2.08 bits per heavy atom. The van der Waals surface area contributed by atoms with Gasteiger partial charge in [-0.1, -0.05) is 42.1 Å². The van der Waals surface area contributed by atoms with Gasteiger partial charge in [0.1, 0.15) is 6.10 Å². The zero-order valence-corrected chi connectivity index (χ0v) is 15.3. The summed E-state index contributed by atoms with van der Waals surface area (Å²) in [7, 11) is -3.03. The molecule has 0 saturated carbocycles. The van der Waals surface area contributed by atoms with Crippen LogP contribution in [0.2, 0.25) is 0 Å². The number of nitrogens with zero attached hydrogens (tertiary/aromatic N) is 2. The highest BCUT2D eigenvalue weighted by atomic mass is 32.2. The molecule has 6 nitrogen and oxygen atoms in total. The molecule has 3 saturated heterocycles. The third-order valence-corrected chi connectivity index (χ3v) is 8.03. The van der Waals surface area contributed by atoms with Gasteiger partial charge in [-0.25, -0.2) is 8.42 Å². The van der Waals surface area contributed by atoms with E-state index < -0.39 is 15.9 Å². The number of carbonyl (C=O) groups is 1. The van der Waals surface area contributed by atoms with Crippen molar-refractivity contribution < 1.29 is 17.9 Å². The van der Waals surface area contributed by atoms with Crippen molar-refractivity contribution in [3.8, 4) is 0 Å². The van der Waals surface area contributed by atoms with E-state index in [1.807, 2.05) is 35.2 Å². The summed E-state index contributed by atoms with van der Waals surface area (Å²) in [6.07, 6.45) is 1.14. The van der Waals surface area contributed by atoms with E-state index in [-0.39, 0.29) is 28.7 Å². The van der Waals surface area contributed by atoms with Crippen LogP contribution in [-0.4, -0.2) is 59.9 Å². The number of amidine groups is 1. The topological polar surface area (TPSA) is 76.0 Å². The van der Waals surface area contributed by atoms with Gasteiger partial charge < -0.3 is 9.64 Å². The minimum atomic E-state index is -3.03. The average molecular weight is 380 g/mol. The predicted molar refractivity (Wildman–Crippen MR) is 97.2 cm³/mol. The highest BCUT2D eigenvalue weighted by Crippen LogP contribution is 2.39. The molecule has 0 aromatic heterocycles. The lowest BCUT2D eigenvalue weighted by molar-refractivity contribution is -0.126. The molecule has 3 aliphatic rings. The molecule has 8 heteroatoms. The van der Waals surface area contributed by atoms with Crippen LogP contribution in [0.25, 0.3) is 0 Å². The number of amides is 1. The van der Waals surface area contributed by atoms with Crippen LogP contribution in [0.4, 0.5) is 0 Å². The zero-order valence-electron chi connectivity index (χ0n) is 13.7. The first kappa shape index (κ1) is 17.1. The fourth-order valence-corrected chi connectivity index (χ4v) is 7.50. The van der Waals surface area contributed by atoms with Crippen LogP contribution in [0.1, 0.15) is 18.4 Å². The van der Waals surface area contributed by atoms with Gasteiger partial charge in [-0.2, -0.15) is 4.99 Å². The lowest BCUT2D eigenvalue weighted by Gasteiger charge is -2.24. The van der Waals surface area contributed by atoms with Gasteiger partial charge in [-0.15, -0.1) is 0 Å². The van der Waals surface area contributed by atoms with Crippen LogP contribution in [-0.2, 0) is 25.9 Å². The van der Waals surface area contributed by atoms with Crippen LogP contribution in [0, 0.1) is 0 Å². The number of rotatable bonds is 3. The van der Waals surface area contributed by atoms with Gasteiger partial charge in [-0.3, -0.25) is 4.79 Å². The third-order valence-electron chi connectivity index (χ3n) is 4.78. The van der Waals surface area contributed by atoms with E-state index in [1.54, 1.807) is 0 Å². The number of thioether (sulfide) groups is 1. The first-order valence-electron chi connectivity index (χ1n) is 8.44. The maximum Gasteiger partial charge on any atom is 0.277 e. The Morgan fingerprint density at radius 1 is 1.28 bits per heavy atom. The minimum absolute atomic E-state index is 0.0511. The van der Waals surface area contributed by atoms with Gasteiger partial charge in [0.25, 0.3) is 5.91 Å². The second-order valence-corrected chi connectivity index (χ2v) is 10.0. The van der Waals surface area contributed by atoms with Crippen molar-refractivity contribution >= 4 is 32.7 Å². The van der Waals surface area contributed by atoms with Crippen LogP contribution < -0.4 is 0 Å². The van der Waals surface area contributed by atoms with Crippen molar-refractivity contribution in [2.24, 2.45) is 4.99 Å². The highest BCUT2D eigenvalue weighted by Gasteiger charge is 2.48. The Kier molecular flexibility index (Phi) is 4.59. The van der Waals surface area contributed by atoms with E-state index in [0.717, 1.165) is 12.0 Å². The quantitative estimate of drug-likeness (QED) is 0.790. The van der Waals surface area contributed by atoms with Crippen LogP contribution in [0.3, 0.4) is 0 Å². The Bertz CT molecular complexity index is 788. The smallest absolute Gasteiger partial charge is 0.277 e. The molecule has 3 heterocycles. The number of ether oxygens (including phenoxy) is 1. The molecule has 1 aromatic carbocycles. The Balaban J connectivity index is 1.60. The lowest BCUT2D eigenvalue weighted by atomic mass is 10.1. The molecule has 0 bridgehead atoms. The standard InChI is InChI=1S/C17H20N2O4S2/c20-16(14-7-4-8-23-14)18-17-19(9-12-5-2-1-3-6-12)13-10-25(21,22)11-15(13)24-17/h1-3,5-6,13-15H,4,7-11H2/t13-,14+,15-/m1/s1. The molecule has 1 aromatic rings. The van der Waals surface area contributed by atoms with Gasteiger partial charge in [-0.05, 0) is 18.4 Å². The molecule has 25 heavy (non-hydrogen) atoms. The zero-order chi connectivity index (χ0) is 17.4. The van der Waals surface area contributed by atoms with Crippen LogP contribution >= 0.6 is 11.8 Å². The summed E-state index contributed by atoms with van der Waals surface area (Å²) < 4.78 is 29.5. The summed E-state index contributed by atoms with van der Waals surface area (Å²) in [6, 6.07) is 9.74. The second kappa shape index (κ2) is 6.74. The molecule has 1 amide bonds. The fourth-order valence-electron chi connectivity index (χ4n) is 3.54. The van der Waals surface area contributed by atoms with E-state index in [4.69, 9.17) is 4.74 Å². The summed E-state index contributed by atoms with van der Waals surface area (Å²) in [5.74, 6) is 0.0340. The number of hydrogen-bond acceptors (Lipinski definition) is 5. The molecular formula is C17H20N2O4S2. The van der Waals surface area contributed by atoms with Crippen molar-refractivity contribution in [1.29, 1.82) is 0 Å². The summed E-state index contributed by atoms with van der Waals surface area (Å²) >= 11 is 1.42. The lowest BCUT2D eigenvalue weighted by Crippen LogP contribution is -2.37. The van der Waals surface area contributed by atoms with Crippen molar-refractivity contribution in [3.63, 3.8) is 0 Å². The number of benzene rings is 1. The first-order valence-corrected chi connectivity index (χ1v) is 11.1. The molecule has 0 radical (unpaired) electrons. The predicted octanol–water partition coefficient (Wildman–Crippen LogP) is 1.46. The molecule has 3 aliphatic heterocycles. The molecule has 0 spiro atoms. The number of carbonyl (C=O) groups excluding carboxylic acids is 1. The average Bonchev–Trinajstić information content (AvgIpc) is 3.26. The largest absolute Gasteiger partial charge is 0.368 e. The number of sulfone groups is 1. The Morgan fingerprint density at radius 3 is 2.80 bits per heavy atom. The summed E-state index contributed by atoms with van der Waals surface area (Å²) in [6.45, 7) is 1.16. The van der Waals surface area contributed by atoms with Crippen molar-refractivity contribution in [2.75, 3.05) is 18.1 Å². The number of hydrogen-bond donors (Lipinski definition) is 0. The third kappa shape index (κ3) is 3.61. The number of fused-ring (bicyclic) bond motifs is 1. The van der Waals surface area contributed by atoms with Crippen LogP contribution in [0.5, 0.6) is 0 Å². The van der Waals surface area contributed by atoms with Crippen molar-refractivity contribution in [3.05, 3.63) is 35.9 Å². The molecule has 134 valence electrons. The van der Waals surface area contributed by atoms with E-state index in [9.17, 15) is 13.2 Å².